The van der Waals surface area contributed by atoms with Crippen LogP contribution in [0.5, 0.6) is 5.75 Å². The van der Waals surface area contributed by atoms with Gasteiger partial charge < -0.3 is 14.4 Å². The van der Waals surface area contributed by atoms with Crippen molar-refractivity contribution < 1.29 is 18.7 Å². The minimum absolute atomic E-state index is 0.268. The summed E-state index contributed by atoms with van der Waals surface area (Å²) >= 11 is 5.04. The first-order valence-corrected chi connectivity index (χ1v) is 11.4. The summed E-state index contributed by atoms with van der Waals surface area (Å²) in [7, 11) is 0. The normalized spacial score (nSPS) is 17.5. The van der Waals surface area contributed by atoms with Gasteiger partial charge in [-0.05, 0) is 55.2 Å². The molecular formula is C23H20BrFN2O3S. The first kappa shape index (κ1) is 21.6. The molecule has 0 bridgehead atoms. The second-order valence-corrected chi connectivity index (χ2v) is 8.71. The summed E-state index contributed by atoms with van der Waals surface area (Å²) in [6.07, 6.45) is 1.91. The Balaban J connectivity index is 1.74. The summed E-state index contributed by atoms with van der Waals surface area (Å²) in [6.45, 7) is 4.14. The quantitative estimate of drug-likeness (QED) is 0.457. The highest BCUT2D eigenvalue weighted by Crippen LogP contribution is 2.44. The van der Waals surface area contributed by atoms with Crippen LogP contribution in [0, 0.1) is 5.82 Å². The highest BCUT2D eigenvalue weighted by Gasteiger charge is 2.39. The number of hydrogen-bond acceptors (Lipinski definition) is 6. The van der Waals surface area contributed by atoms with Gasteiger partial charge in [0.1, 0.15) is 18.2 Å². The molecule has 8 heteroatoms. The minimum atomic E-state index is -0.446. The van der Waals surface area contributed by atoms with E-state index in [1.54, 1.807) is 19.1 Å². The van der Waals surface area contributed by atoms with Gasteiger partial charge in [-0.25, -0.2) is 14.2 Å². The summed E-state index contributed by atoms with van der Waals surface area (Å²) in [4.78, 5) is 19.4. The molecule has 31 heavy (non-hydrogen) atoms. The predicted molar refractivity (Wildman–Crippen MR) is 123 cm³/mol. The van der Waals surface area contributed by atoms with Crippen LogP contribution in [0.3, 0.4) is 0 Å². The Labute approximate surface area is 192 Å². The average molecular weight is 503 g/mol. The first-order chi connectivity index (χ1) is 15.0. The maximum Gasteiger partial charge on any atom is 0.338 e. The van der Waals surface area contributed by atoms with Gasteiger partial charge in [0.15, 0.2) is 5.17 Å². The third-order valence-corrected chi connectivity index (χ3v) is 6.15. The molecule has 4 rings (SSSR count). The van der Waals surface area contributed by atoms with Crippen LogP contribution in [0.1, 0.15) is 31.0 Å². The molecule has 0 aliphatic carbocycles. The number of carbonyl (C=O) groups excluding carboxylic acids is 1. The van der Waals surface area contributed by atoms with Crippen LogP contribution in [0.25, 0.3) is 0 Å². The zero-order valence-corrected chi connectivity index (χ0v) is 19.4. The van der Waals surface area contributed by atoms with Gasteiger partial charge in [-0.15, -0.1) is 0 Å². The minimum Gasteiger partial charge on any atom is -0.489 e. The van der Waals surface area contributed by atoms with Gasteiger partial charge in [0.25, 0.3) is 0 Å². The van der Waals surface area contributed by atoms with Crippen LogP contribution in [-0.4, -0.2) is 22.6 Å². The molecule has 160 valence electrons. The summed E-state index contributed by atoms with van der Waals surface area (Å²) in [5.74, 6) is -0.0682. The number of ether oxygens (including phenoxy) is 2. The number of allylic oxidation sites excluding steroid dienone is 1. The number of amidine groups is 1. The molecule has 0 aromatic heterocycles. The summed E-state index contributed by atoms with van der Waals surface area (Å²) < 4.78 is 25.6. The van der Waals surface area contributed by atoms with E-state index in [4.69, 9.17) is 9.47 Å². The van der Waals surface area contributed by atoms with Crippen molar-refractivity contribution in [2.75, 3.05) is 6.61 Å². The average Bonchev–Trinajstić information content (AvgIpc) is 3.21. The third kappa shape index (κ3) is 4.55. The Morgan fingerprint density at radius 3 is 2.77 bits per heavy atom. The van der Waals surface area contributed by atoms with E-state index in [9.17, 15) is 9.18 Å². The van der Waals surface area contributed by atoms with E-state index in [2.05, 4.69) is 20.9 Å². The fraction of sp³-hybridized carbons (Fsp3) is 0.217. The van der Waals surface area contributed by atoms with Crippen molar-refractivity contribution in [2.45, 2.75) is 26.5 Å². The lowest BCUT2D eigenvalue weighted by Gasteiger charge is -2.34. The molecular weight excluding hydrogens is 483 g/mol. The lowest BCUT2D eigenvalue weighted by molar-refractivity contribution is -0.139. The van der Waals surface area contributed by atoms with Crippen LogP contribution in [-0.2, 0) is 16.1 Å². The highest BCUT2D eigenvalue weighted by molar-refractivity contribution is 9.10. The van der Waals surface area contributed by atoms with E-state index >= 15 is 0 Å². The molecule has 2 aromatic rings. The van der Waals surface area contributed by atoms with Crippen LogP contribution in [0.15, 0.2) is 74.8 Å². The van der Waals surface area contributed by atoms with Gasteiger partial charge in [-0.3, -0.25) is 0 Å². The number of fused-ring (bicyclic) bond motifs is 1. The van der Waals surface area contributed by atoms with E-state index in [0.29, 0.717) is 17.0 Å². The van der Waals surface area contributed by atoms with Crippen molar-refractivity contribution in [3.63, 3.8) is 0 Å². The topological polar surface area (TPSA) is 51.1 Å². The van der Waals surface area contributed by atoms with Crippen LogP contribution < -0.4 is 4.74 Å². The number of nitrogens with zero attached hydrogens (tertiary/aromatic N) is 2. The predicted octanol–water partition coefficient (Wildman–Crippen LogP) is 5.94. The Morgan fingerprint density at radius 2 is 2.03 bits per heavy atom. The van der Waals surface area contributed by atoms with Gasteiger partial charge >= 0.3 is 5.97 Å². The van der Waals surface area contributed by atoms with Crippen molar-refractivity contribution in [1.29, 1.82) is 0 Å². The van der Waals surface area contributed by atoms with Crippen molar-refractivity contribution in [1.82, 2.24) is 4.90 Å². The number of aliphatic imine (C=N–C) groups is 1. The first-order valence-electron chi connectivity index (χ1n) is 9.73. The van der Waals surface area contributed by atoms with Crippen LogP contribution >= 0.6 is 27.7 Å². The van der Waals surface area contributed by atoms with Crippen molar-refractivity contribution in [3.8, 4) is 5.75 Å². The number of hydrogen-bond donors (Lipinski definition) is 0. The SMILES string of the molecule is CCOC(=O)C1=C(C)N=C2SC=CN2[C@@H]1c1cc(Br)ccc1OCc1ccc(F)cc1. The molecule has 0 fully saturated rings. The molecule has 2 aromatic carbocycles. The molecule has 5 nitrogen and oxygen atoms in total. The van der Waals surface area contributed by atoms with E-state index in [0.717, 1.165) is 20.8 Å². The summed E-state index contributed by atoms with van der Waals surface area (Å²) in [5.41, 5.74) is 2.74. The molecule has 0 unspecified atom stereocenters. The fourth-order valence-corrected chi connectivity index (χ4v) is 4.65. The summed E-state index contributed by atoms with van der Waals surface area (Å²) in [5, 5.41) is 2.73. The van der Waals surface area contributed by atoms with E-state index in [1.165, 1.54) is 23.9 Å². The van der Waals surface area contributed by atoms with Crippen molar-refractivity contribution in [3.05, 3.63) is 86.8 Å². The smallest absolute Gasteiger partial charge is 0.338 e. The monoisotopic (exact) mass is 502 g/mol. The molecule has 0 saturated carbocycles. The number of carbonyl (C=O) groups is 1. The molecule has 0 amide bonds. The number of benzene rings is 2. The van der Waals surface area contributed by atoms with E-state index in [-0.39, 0.29) is 19.0 Å². The molecule has 0 spiro atoms. The Morgan fingerprint density at radius 1 is 1.26 bits per heavy atom. The van der Waals surface area contributed by atoms with Crippen molar-refractivity contribution >= 4 is 38.8 Å². The van der Waals surface area contributed by atoms with Gasteiger partial charge in [0.2, 0.25) is 0 Å². The zero-order chi connectivity index (χ0) is 22.0. The number of thioether (sulfide) groups is 1. The molecule has 1 atom stereocenters. The number of esters is 1. The lowest BCUT2D eigenvalue weighted by Crippen LogP contribution is -2.34. The summed E-state index contributed by atoms with van der Waals surface area (Å²) in [6, 6.07) is 11.4. The van der Waals surface area contributed by atoms with Gasteiger partial charge in [0, 0.05) is 16.2 Å². The van der Waals surface area contributed by atoms with Crippen LogP contribution in [0.4, 0.5) is 4.39 Å². The molecule has 2 aliphatic heterocycles. The Kier molecular flexibility index (Phi) is 6.48. The molecule has 2 heterocycles. The van der Waals surface area contributed by atoms with Crippen LogP contribution in [0.2, 0.25) is 0 Å². The molecule has 0 radical (unpaired) electrons. The third-order valence-electron chi connectivity index (χ3n) is 4.89. The second-order valence-electron chi connectivity index (χ2n) is 6.92. The van der Waals surface area contributed by atoms with E-state index in [1.807, 2.05) is 41.6 Å². The molecule has 2 aliphatic rings. The van der Waals surface area contributed by atoms with Crippen molar-refractivity contribution in [2.24, 2.45) is 4.99 Å². The van der Waals surface area contributed by atoms with E-state index < -0.39 is 12.0 Å². The number of halogens is 2. The number of rotatable bonds is 6. The second kappa shape index (κ2) is 9.28. The van der Waals surface area contributed by atoms with Gasteiger partial charge in [-0.1, -0.05) is 39.8 Å². The van der Waals surface area contributed by atoms with Gasteiger partial charge in [0.05, 0.1) is 23.9 Å². The zero-order valence-electron chi connectivity index (χ0n) is 17.0. The van der Waals surface area contributed by atoms with Gasteiger partial charge in [-0.2, -0.15) is 0 Å². The lowest BCUT2D eigenvalue weighted by atomic mass is 9.94. The Bertz CT molecular complexity index is 1100. The maximum absolute atomic E-state index is 13.2. The Hall–Kier alpha value is -2.58. The largest absolute Gasteiger partial charge is 0.489 e. The molecule has 0 saturated heterocycles. The fourth-order valence-electron chi connectivity index (χ4n) is 3.48. The molecule has 0 N–H and O–H groups in total. The standard InChI is InChI=1S/C23H20BrFN2O3S/c1-3-29-22(28)20-14(2)26-23-27(10-11-31-23)21(20)18-12-16(24)6-9-19(18)30-13-15-4-7-17(25)8-5-15/h4-12,21H,3,13H2,1-2H3/t21-/m1/s1. The highest BCUT2D eigenvalue weighted by atomic mass is 79.9. The maximum atomic E-state index is 13.2.